The molecule has 19 heavy (non-hydrogen) atoms. The van der Waals surface area contributed by atoms with Crippen molar-refractivity contribution in [3.05, 3.63) is 0 Å². The van der Waals surface area contributed by atoms with Gasteiger partial charge in [-0.2, -0.15) is 0 Å². The molecule has 1 heterocycles. The number of carbonyl (C=O) groups excluding carboxylic acids is 1. The lowest BCUT2D eigenvalue weighted by Crippen LogP contribution is -2.46. The smallest absolute Gasteiger partial charge is 0.223 e. The summed E-state index contributed by atoms with van der Waals surface area (Å²) in [4.78, 5) is 12.3. The summed E-state index contributed by atoms with van der Waals surface area (Å²) in [5.41, 5.74) is 0.316. The van der Waals surface area contributed by atoms with Crippen molar-refractivity contribution < 1.29 is 9.53 Å². The highest BCUT2D eigenvalue weighted by Crippen LogP contribution is 2.35. The zero-order chi connectivity index (χ0) is 14.1. The Bertz CT molecular complexity index is 326. The van der Waals surface area contributed by atoms with Gasteiger partial charge in [-0.1, -0.05) is 13.8 Å². The fourth-order valence-corrected chi connectivity index (χ4v) is 3.32. The van der Waals surface area contributed by atoms with Gasteiger partial charge in [0.05, 0.1) is 5.60 Å². The fraction of sp³-hybridized carbons (Fsp3) is 0.938. The number of hydrogen-bond donors (Lipinski definition) is 1. The molecule has 3 heteroatoms. The molecule has 1 atom stereocenters. The van der Waals surface area contributed by atoms with Gasteiger partial charge >= 0.3 is 0 Å². The Balaban J connectivity index is 1.81. The van der Waals surface area contributed by atoms with Crippen LogP contribution >= 0.6 is 0 Å². The molecule has 0 radical (unpaired) electrons. The van der Waals surface area contributed by atoms with Crippen LogP contribution in [0.25, 0.3) is 0 Å². The zero-order valence-corrected chi connectivity index (χ0v) is 12.9. The number of amides is 1. The van der Waals surface area contributed by atoms with E-state index in [4.69, 9.17) is 4.74 Å². The van der Waals surface area contributed by atoms with Crippen molar-refractivity contribution in [3.63, 3.8) is 0 Å². The van der Waals surface area contributed by atoms with E-state index in [2.05, 4.69) is 33.0 Å². The van der Waals surface area contributed by atoms with Crippen LogP contribution < -0.4 is 5.32 Å². The van der Waals surface area contributed by atoms with E-state index in [0.29, 0.717) is 18.1 Å². The van der Waals surface area contributed by atoms with Crippen LogP contribution in [0.2, 0.25) is 0 Å². The third-order valence-corrected chi connectivity index (χ3v) is 4.75. The minimum Gasteiger partial charge on any atom is -0.376 e. The van der Waals surface area contributed by atoms with E-state index in [9.17, 15) is 4.79 Å². The number of ether oxygens (including phenoxy) is 1. The normalized spacial score (nSPS) is 30.8. The Morgan fingerprint density at radius 2 is 1.74 bits per heavy atom. The molecular formula is C16H29NO2. The molecule has 0 aromatic carbocycles. The van der Waals surface area contributed by atoms with Crippen LogP contribution in [0, 0.1) is 11.3 Å². The topological polar surface area (TPSA) is 38.3 Å². The lowest BCUT2D eigenvalue weighted by molar-refractivity contribution is -0.136. The van der Waals surface area contributed by atoms with Crippen molar-refractivity contribution in [3.8, 4) is 0 Å². The molecule has 1 N–H and O–H groups in total. The maximum Gasteiger partial charge on any atom is 0.223 e. The molecule has 0 spiro atoms. The van der Waals surface area contributed by atoms with Crippen molar-refractivity contribution in [2.24, 2.45) is 11.3 Å². The van der Waals surface area contributed by atoms with Gasteiger partial charge in [-0.3, -0.25) is 4.79 Å². The number of rotatable bonds is 2. The van der Waals surface area contributed by atoms with Crippen molar-refractivity contribution in [1.82, 2.24) is 5.32 Å². The van der Waals surface area contributed by atoms with Crippen LogP contribution in [0.1, 0.15) is 66.2 Å². The van der Waals surface area contributed by atoms with Crippen LogP contribution in [0.4, 0.5) is 0 Å². The second-order valence-corrected chi connectivity index (χ2v) is 7.74. The predicted molar refractivity (Wildman–Crippen MR) is 76.9 cm³/mol. The van der Waals surface area contributed by atoms with Gasteiger partial charge < -0.3 is 10.1 Å². The average molecular weight is 267 g/mol. The average Bonchev–Trinajstić information content (AvgIpc) is 2.30. The molecule has 2 rings (SSSR count). The first-order valence-electron chi connectivity index (χ1n) is 7.72. The monoisotopic (exact) mass is 267 g/mol. The van der Waals surface area contributed by atoms with Gasteiger partial charge in [-0.05, 0) is 57.8 Å². The molecular weight excluding hydrogens is 238 g/mol. The van der Waals surface area contributed by atoms with E-state index < -0.39 is 0 Å². The quantitative estimate of drug-likeness (QED) is 0.834. The van der Waals surface area contributed by atoms with Gasteiger partial charge in [0, 0.05) is 18.6 Å². The SMILES string of the molecule is CC1(C)CCC(NC(=O)C2CCOC(C)(C)C2)CC1. The van der Waals surface area contributed by atoms with Gasteiger partial charge in [0.25, 0.3) is 0 Å². The Labute approximate surface area is 117 Å². The number of carbonyl (C=O) groups is 1. The number of nitrogens with one attached hydrogen (secondary N) is 1. The zero-order valence-electron chi connectivity index (χ0n) is 12.9. The lowest BCUT2D eigenvalue weighted by Gasteiger charge is -2.37. The van der Waals surface area contributed by atoms with Gasteiger partial charge in [0.1, 0.15) is 0 Å². The molecule has 0 aromatic heterocycles. The van der Waals surface area contributed by atoms with Crippen molar-refractivity contribution in [2.75, 3.05) is 6.61 Å². The summed E-state index contributed by atoms with van der Waals surface area (Å²) in [6.45, 7) is 9.52. The van der Waals surface area contributed by atoms with Gasteiger partial charge in [0.2, 0.25) is 5.91 Å². The van der Waals surface area contributed by atoms with E-state index >= 15 is 0 Å². The van der Waals surface area contributed by atoms with E-state index in [-0.39, 0.29) is 17.4 Å². The minimum absolute atomic E-state index is 0.138. The second-order valence-electron chi connectivity index (χ2n) is 7.74. The maximum absolute atomic E-state index is 12.3. The van der Waals surface area contributed by atoms with Crippen LogP contribution in [0.3, 0.4) is 0 Å². The summed E-state index contributed by atoms with van der Waals surface area (Å²) in [6.07, 6.45) is 6.41. The van der Waals surface area contributed by atoms with Gasteiger partial charge in [-0.25, -0.2) is 0 Å². The molecule has 0 bridgehead atoms. The molecule has 3 nitrogen and oxygen atoms in total. The molecule has 1 unspecified atom stereocenters. The largest absolute Gasteiger partial charge is 0.376 e. The van der Waals surface area contributed by atoms with E-state index in [1.807, 2.05) is 0 Å². The molecule has 0 aromatic rings. The van der Waals surface area contributed by atoms with Gasteiger partial charge in [0.15, 0.2) is 0 Å². The van der Waals surface area contributed by atoms with Crippen molar-refractivity contribution in [1.29, 1.82) is 0 Å². The fourth-order valence-electron chi connectivity index (χ4n) is 3.32. The Morgan fingerprint density at radius 3 is 2.32 bits per heavy atom. The second kappa shape index (κ2) is 5.43. The van der Waals surface area contributed by atoms with E-state index in [1.165, 1.54) is 12.8 Å². The summed E-state index contributed by atoms with van der Waals surface area (Å²) in [5, 5.41) is 3.27. The number of hydrogen-bond acceptors (Lipinski definition) is 2. The van der Waals surface area contributed by atoms with Crippen LogP contribution in [0.5, 0.6) is 0 Å². The summed E-state index contributed by atoms with van der Waals surface area (Å²) >= 11 is 0. The summed E-state index contributed by atoms with van der Waals surface area (Å²) < 4.78 is 5.68. The molecule has 1 amide bonds. The Morgan fingerprint density at radius 1 is 1.11 bits per heavy atom. The first kappa shape index (κ1) is 14.8. The van der Waals surface area contributed by atoms with Crippen LogP contribution in [-0.4, -0.2) is 24.2 Å². The van der Waals surface area contributed by atoms with E-state index in [1.54, 1.807) is 0 Å². The Hall–Kier alpha value is -0.570. The Kier molecular flexibility index (Phi) is 4.24. The van der Waals surface area contributed by atoms with Gasteiger partial charge in [-0.15, -0.1) is 0 Å². The highest BCUT2D eigenvalue weighted by Gasteiger charge is 2.34. The van der Waals surface area contributed by atoms with Crippen molar-refractivity contribution >= 4 is 5.91 Å². The molecule has 2 fully saturated rings. The molecule has 1 aliphatic carbocycles. The summed E-state index contributed by atoms with van der Waals surface area (Å²) in [5.74, 6) is 0.389. The first-order chi connectivity index (χ1) is 8.77. The predicted octanol–water partition coefficient (Wildman–Crippen LogP) is 3.28. The molecule has 110 valence electrons. The minimum atomic E-state index is -0.144. The molecule has 1 saturated heterocycles. The lowest BCUT2D eigenvalue weighted by atomic mass is 9.75. The standard InChI is InChI=1S/C16H29NO2/c1-15(2)8-5-13(6-9-15)17-14(18)12-7-10-19-16(3,4)11-12/h12-13H,5-11H2,1-4H3,(H,17,18). The van der Waals surface area contributed by atoms with Crippen LogP contribution in [0.15, 0.2) is 0 Å². The molecule has 1 saturated carbocycles. The highest BCUT2D eigenvalue weighted by molar-refractivity contribution is 5.79. The highest BCUT2D eigenvalue weighted by atomic mass is 16.5. The van der Waals surface area contributed by atoms with Crippen LogP contribution in [-0.2, 0) is 9.53 Å². The molecule has 2 aliphatic rings. The van der Waals surface area contributed by atoms with E-state index in [0.717, 1.165) is 25.7 Å². The summed E-state index contributed by atoms with van der Waals surface area (Å²) in [7, 11) is 0. The molecule has 1 aliphatic heterocycles. The van der Waals surface area contributed by atoms with Crippen molar-refractivity contribution in [2.45, 2.75) is 77.9 Å². The third kappa shape index (κ3) is 4.20. The first-order valence-corrected chi connectivity index (χ1v) is 7.72. The summed E-state index contributed by atoms with van der Waals surface area (Å²) in [6, 6.07) is 0.395. The third-order valence-electron chi connectivity index (χ3n) is 4.75. The maximum atomic E-state index is 12.3.